The Morgan fingerprint density at radius 3 is 2.92 bits per heavy atom. The van der Waals surface area contributed by atoms with E-state index in [9.17, 15) is 4.79 Å². The van der Waals surface area contributed by atoms with Gasteiger partial charge in [0, 0.05) is 12.6 Å². The highest BCUT2D eigenvalue weighted by molar-refractivity contribution is 5.73. The lowest BCUT2D eigenvalue weighted by Crippen LogP contribution is -2.31. The molecule has 70 valence electrons. The summed E-state index contributed by atoms with van der Waals surface area (Å²) < 4.78 is 5.03. The molecule has 0 saturated carbocycles. The fourth-order valence-electron chi connectivity index (χ4n) is 1.20. The highest BCUT2D eigenvalue weighted by Crippen LogP contribution is 2.09. The fourth-order valence-corrected chi connectivity index (χ4v) is 1.20. The third-order valence-corrected chi connectivity index (χ3v) is 2.01. The summed E-state index contributed by atoms with van der Waals surface area (Å²) in [5.41, 5.74) is 5.90. The van der Waals surface area contributed by atoms with Crippen molar-refractivity contribution in [3.63, 3.8) is 0 Å². The molecule has 1 heterocycles. The molecule has 0 amide bonds. The Morgan fingerprint density at radius 2 is 2.42 bits per heavy atom. The van der Waals surface area contributed by atoms with Crippen molar-refractivity contribution in [1.29, 1.82) is 0 Å². The summed E-state index contributed by atoms with van der Waals surface area (Å²) in [6.07, 6.45) is 0.883. The topological polar surface area (TPSA) is 50.4 Å². The summed E-state index contributed by atoms with van der Waals surface area (Å²) in [4.78, 5) is 11.3. The van der Waals surface area contributed by atoms with Gasteiger partial charge in [-0.25, -0.2) is 0 Å². The monoisotopic (exact) mass is 172 g/mol. The second kappa shape index (κ2) is 4.42. The Balaban J connectivity index is 2.30. The largest absolute Gasteiger partial charge is 0.465 e. The molecule has 2 unspecified atom stereocenters. The molecule has 0 bridgehead atoms. The van der Waals surface area contributed by atoms with Crippen LogP contribution in [0.1, 0.15) is 20.3 Å². The number of esters is 1. The van der Waals surface area contributed by atoms with Crippen LogP contribution in [0.25, 0.3) is 0 Å². The van der Waals surface area contributed by atoms with Gasteiger partial charge in [-0.2, -0.15) is 0 Å². The van der Waals surface area contributed by atoms with Crippen LogP contribution in [0.2, 0.25) is 0 Å². The van der Waals surface area contributed by atoms with E-state index >= 15 is 0 Å². The number of hydrogen-bond donors (Lipinski definition) is 2. The third kappa shape index (κ3) is 2.19. The molecule has 1 fully saturated rings. The first kappa shape index (κ1) is 9.48. The number of nitrogens with one attached hydrogen (secondary N) is 2. The van der Waals surface area contributed by atoms with Gasteiger partial charge in [0.2, 0.25) is 0 Å². The maximum atomic E-state index is 11.3. The highest BCUT2D eigenvalue weighted by Gasteiger charge is 2.30. The van der Waals surface area contributed by atoms with Crippen LogP contribution >= 0.6 is 0 Å². The molecule has 1 saturated heterocycles. The Morgan fingerprint density at radius 1 is 1.67 bits per heavy atom. The second-order valence-electron chi connectivity index (χ2n) is 3.09. The number of rotatable bonds is 3. The number of hydrogen-bond acceptors (Lipinski definition) is 4. The zero-order chi connectivity index (χ0) is 8.97. The second-order valence-corrected chi connectivity index (χ2v) is 3.09. The van der Waals surface area contributed by atoms with Crippen molar-refractivity contribution in [3.8, 4) is 0 Å². The maximum Gasteiger partial charge on any atom is 0.311 e. The van der Waals surface area contributed by atoms with Crippen LogP contribution in [0.4, 0.5) is 0 Å². The van der Waals surface area contributed by atoms with Crippen molar-refractivity contribution in [2.45, 2.75) is 26.3 Å². The summed E-state index contributed by atoms with van der Waals surface area (Å²) in [7, 11) is 0. The van der Waals surface area contributed by atoms with Crippen molar-refractivity contribution in [2.24, 2.45) is 5.92 Å². The van der Waals surface area contributed by atoms with E-state index in [-0.39, 0.29) is 17.9 Å². The first-order valence-corrected chi connectivity index (χ1v) is 4.40. The van der Waals surface area contributed by atoms with Crippen LogP contribution in [-0.2, 0) is 9.53 Å². The van der Waals surface area contributed by atoms with Crippen LogP contribution in [0.15, 0.2) is 0 Å². The molecule has 2 N–H and O–H groups in total. The van der Waals surface area contributed by atoms with E-state index in [0.29, 0.717) is 13.2 Å². The van der Waals surface area contributed by atoms with Gasteiger partial charge in [-0.3, -0.25) is 15.6 Å². The number of ether oxygens (including phenoxy) is 1. The Bertz CT molecular complexity index is 161. The van der Waals surface area contributed by atoms with Crippen LogP contribution in [0.3, 0.4) is 0 Å². The van der Waals surface area contributed by atoms with Gasteiger partial charge in [0.1, 0.15) is 0 Å². The van der Waals surface area contributed by atoms with Crippen molar-refractivity contribution in [2.75, 3.05) is 13.2 Å². The van der Waals surface area contributed by atoms with E-state index < -0.39 is 0 Å². The lowest BCUT2D eigenvalue weighted by atomic mass is 10.0. The summed E-state index contributed by atoms with van der Waals surface area (Å²) in [5.74, 6) is -0.126. The quantitative estimate of drug-likeness (QED) is 0.591. The SMILES string of the molecule is CCCOC(=O)C1CNNC1C. The molecular formula is C8H16N2O2. The Hall–Kier alpha value is -0.610. The lowest BCUT2D eigenvalue weighted by Gasteiger charge is -2.11. The fraction of sp³-hybridized carbons (Fsp3) is 0.875. The molecule has 0 aromatic heterocycles. The molecule has 0 spiro atoms. The zero-order valence-corrected chi connectivity index (χ0v) is 7.59. The normalized spacial score (nSPS) is 28.8. The predicted molar refractivity (Wildman–Crippen MR) is 45.3 cm³/mol. The first-order chi connectivity index (χ1) is 5.75. The van der Waals surface area contributed by atoms with Crippen molar-refractivity contribution in [1.82, 2.24) is 10.9 Å². The summed E-state index contributed by atoms with van der Waals surface area (Å²) >= 11 is 0. The predicted octanol–water partition coefficient (Wildman–Crippen LogP) is 0.0521. The number of carbonyl (C=O) groups is 1. The molecule has 0 radical (unpaired) electrons. The van der Waals surface area contributed by atoms with Crippen molar-refractivity contribution < 1.29 is 9.53 Å². The van der Waals surface area contributed by atoms with Gasteiger partial charge < -0.3 is 4.74 Å². The molecule has 4 heteroatoms. The molecule has 1 aliphatic heterocycles. The van der Waals surface area contributed by atoms with Crippen molar-refractivity contribution in [3.05, 3.63) is 0 Å². The van der Waals surface area contributed by atoms with Gasteiger partial charge in [-0.1, -0.05) is 6.92 Å². The molecule has 12 heavy (non-hydrogen) atoms. The van der Waals surface area contributed by atoms with E-state index in [0.717, 1.165) is 6.42 Å². The number of hydrazine groups is 1. The Kier molecular flexibility index (Phi) is 3.49. The molecule has 0 aromatic rings. The maximum absolute atomic E-state index is 11.3. The summed E-state index contributed by atoms with van der Waals surface area (Å²) in [5, 5.41) is 0. The molecular weight excluding hydrogens is 156 g/mol. The van der Waals surface area contributed by atoms with E-state index in [4.69, 9.17) is 4.74 Å². The minimum atomic E-state index is -0.0955. The molecule has 4 nitrogen and oxygen atoms in total. The average Bonchev–Trinajstić information content (AvgIpc) is 2.47. The first-order valence-electron chi connectivity index (χ1n) is 4.40. The minimum Gasteiger partial charge on any atom is -0.465 e. The lowest BCUT2D eigenvalue weighted by molar-refractivity contribution is -0.148. The van der Waals surface area contributed by atoms with E-state index in [1.54, 1.807) is 0 Å². The standard InChI is InChI=1S/C8H16N2O2/c1-3-4-12-8(11)7-5-9-10-6(7)2/h6-7,9-10H,3-5H2,1-2H3. The van der Waals surface area contributed by atoms with Crippen molar-refractivity contribution >= 4 is 5.97 Å². The molecule has 0 aromatic carbocycles. The van der Waals surface area contributed by atoms with Gasteiger partial charge in [-0.05, 0) is 13.3 Å². The van der Waals surface area contributed by atoms with E-state index in [2.05, 4.69) is 10.9 Å². The summed E-state index contributed by atoms with van der Waals surface area (Å²) in [6, 6.07) is 0.175. The molecule has 0 aliphatic carbocycles. The molecule has 2 atom stereocenters. The van der Waals surface area contributed by atoms with Gasteiger partial charge in [0.15, 0.2) is 0 Å². The van der Waals surface area contributed by atoms with Gasteiger partial charge in [0.05, 0.1) is 12.5 Å². The van der Waals surface area contributed by atoms with Crippen LogP contribution in [-0.4, -0.2) is 25.2 Å². The summed E-state index contributed by atoms with van der Waals surface area (Å²) in [6.45, 7) is 5.16. The van der Waals surface area contributed by atoms with Gasteiger partial charge in [-0.15, -0.1) is 0 Å². The third-order valence-electron chi connectivity index (χ3n) is 2.01. The molecule has 1 aliphatic rings. The number of carbonyl (C=O) groups excluding carboxylic acids is 1. The van der Waals surface area contributed by atoms with Crippen LogP contribution < -0.4 is 10.9 Å². The van der Waals surface area contributed by atoms with Gasteiger partial charge >= 0.3 is 5.97 Å². The Labute approximate surface area is 72.6 Å². The smallest absolute Gasteiger partial charge is 0.311 e. The van der Waals surface area contributed by atoms with Crippen LogP contribution in [0.5, 0.6) is 0 Å². The van der Waals surface area contributed by atoms with E-state index in [1.807, 2.05) is 13.8 Å². The van der Waals surface area contributed by atoms with Gasteiger partial charge in [0.25, 0.3) is 0 Å². The van der Waals surface area contributed by atoms with E-state index in [1.165, 1.54) is 0 Å². The molecule has 1 rings (SSSR count). The average molecular weight is 172 g/mol. The highest BCUT2D eigenvalue weighted by atomic mass is 16.5. The van der Waals surface area contributed by atoms with Crippen LogP contribution in [0, 0.1) is 5.92 Å². The zero-order valence-electron chi connectivity index (χ0n) is 7.59. The minimum absolute atomic E-state index is 0.0310.